The number of amides is 1. The average Bonchev–Trinajstić information content (AvgIpc) is 2.61. The molecule has 0 fully saturated rings. The third-order valence-corrected chi connectivity index (χ3v) is 12.8. The molecule has 0 spiro atoms. The van der Waals surface area contributed by atoms with E-state index in [2.05, 4.69) is 84.3 Å². The highest BCUT2D eigenvalue weighted by atomic mass is 28.3. The predicted octanol–water partition coefficient (Wildman–Crippen LogP) is 3.73. The molecule has 0 aromatic carbocycles. The predicted molar refractivity (Wildman–Crippen MR) is 146 cm³/mol. The van der Waals surface area contributed by atoms with Gasteiger partial charge in [0.05, 0.1) is 0 Å². The molecule has 0 bridgehead atoms. The smallest absolute Gasteiger partial charge is 0.243 e. The van der Waals surface area contributed by atoms with E-state index in [-0.39, 0.29) is 5.91 Å². The van der Waals surface area contributed by atoms with Gasteiger partial charge >= 0.3 is 0 Å². The molecule has 31 heavy (non-hydrogen) atoms. The first-order valence-corrected chi connectivity index (χ1v) is 26.1. The summed E-state index contributed by atoms with van der Waals surface area (Å²) in [6, 6.07) is 0.945. The maximum Gasteiger partial charge on any atom is 0.243 e. The van der Waals surface area contributed by atoms with Crippen LogP contribution in [0, 0.1) is 0 Å². The van der Waals surface area contributed by atoms with Crippen LogP contribution < -0.4 is 5.32 Å². The lowest BCUT2D eigenvalue weighted by molar-refractivity contribution is -0.278. The van der Waals surface area contributed by atoms with Gasteiger partial charge in [-0.3, -0.25) is 4.79 Å². The van der Waals surface area contributed by atoms with Crippen LogP contribution in [-0.4, -0.2) is 67.9 Å². The van der Waals surface area contributed by atoms with Gasteiger partial charge in [-0.2, -0.15) is 0 Å². The molecule has 0 aromatic heterocycles. The molecule has 0 aromatic rings. The minimum absolute atomic E-state index is 0.131. The molecule has 0 rings (SSSR count). The summed E-state index contributed by atoms with van der Waals surface area (Å²) in [6.45, 7) is 28.6. The van der Waals surface area contributed by atoms with Crippen LogP contribution in [0.4, 0.5) is 0 Å². The third-order valence-electron chi connectivity index (χ3n) is 4.98. The fourth-order valence-corrected chi connectivity index (χ4v) is 15.2. The maximum atomic E-state index is 11.6. The van der Waals surface area contributed by atoms with E-state index < -0.39 is 55.4 Å². The van der Waals surface area contributed by atoms with Gasteiger partial charge in [0.15, 0.2) is 47.4 Å². The minimum atomic E-state index is -2.24. The molecule has 1 N–H and O–H groups in total. The van der Waals surface area contributed by atoms with Crippen LogP contribution >= 0.6 is 0 Å². The van der Waals surface area contributed by atoms with Crippen molar-refractivity contribution < 1.29 is 22.5 Å². The Morgan fingerprint density at radius 3 is 1.65 bits per heavy atom. The summed E-state index contributed by atoms with van der Waals surface area (Å²) in [5, 5.41) is 2.91. The summed E-state index contributed by atoms with van der Waals surface area (Å²) in [6.07, 6.45) is 2.89. The summed E-state index contributed by atoms with van der Waals surface area (Å²) in [5.41, 5.74) is -0.841. The second-order valence-electron chi connectivity index (χ2n) is 9.87. The van der Waals surface area contributed by atoms with Gasteiger partial charge in [0.2, 0.25) is 5.91 Å². The van der Waals surface area contributed by atoms with Crippen molar-refractivity contribution in [2.45, 2.75) is 102 Å². The SMILES string of the molecule is C=CC(=O)NCCC[Si](C)(C)C(O[SiH](C)C)(O[SiH](C)C)C(CC)(O[SiH](C)C)O[SiH](C)C. The van der Waals surface area contributed by atoms with Crippen molar-refractivity contribution in [3.8, 4) is 0 Å². The van der Waals surface area contributed by atoms with Crippen molar-refractivity contribution in [2.24, 2.45) is 0 Å². The van der Waals surface area contributed by atoms with E-state index in [0.29, 0.717) is 13.0 Å². The fourth-order valence-electron chi connectivity index (χ4n) is 4.03. The van der Waals surface area contributed by atoms with Gasteiger partial charge < -0.3 is 23.0 Å². The number of carbonyl (C=O) groups excluding carboxylic acids is 1. The Labute approximate surface area is 199 Å². The van der Waals surface area contributed by atoms with Crippen LogP contribution in [0.1, 0.15) is 19.8 Å². The van der Waals surface area contributed by atoms with Crippen molar-refractivity contribution in [1.82, 2.24) is 5.32 Å². The molecule has 0 atom stereocenters. The maximum absolute atomic E-state index is 11.6. The summed E-state index contributed by atoms with van der Waals surface area (Å²) in [5.74, 6) is -0.990. The van der Waals surface area contributed by atoms with E-state index >= 15 is 0 Å². The second-order valence-corrected chi connectivity index (χ2v) is 24.1. The van der Waals surface area contributed by atoms with Gasteiger partial charge in [-0.15, -0.1) is 0 Å². The van der Waals surface area contributed by atoms with Gasteiger partial charge in [0, 0.05) is 13.0 Å². The highest BCUT2D eigenvalue weighted by Crippen LogP contribution is 2.46. The Hall–Kier alpha value is 0.134. The van der Waals surface area contributed by atoms with E-state index in [1.807, 2.05) is 0 Å². The quantitative estimate of drug-likeness (QED) is 0.144. The van der Waals surface area contributed by atoms with E-state index in [4.69, 9.17) is 17.7 Å². The standard InChI is InChI=1S/C20H49NO5Si5/c1-13-18(22)21-16-15-17-31(11,12)20(25-29(7)8,26-30(9)10)19(14-2,23-27(3)4)24-28(5)6/h13,27-30H,1,14-17H2,2-12H3,(H,21,22). The second kappa shape index (κ2) is 13.7. The van der Waals surface area contributed by atoms with E-state index in [1.165, 1.54) is 6.08 Å². The first-order chi connectivity index (χ1) is 14.2. The molecule has 0 aliphatic rings. The highest BCUT2D eigenvalue weighted by molar-refractivity contribution is 6.81. The van der Waals surface area contributed by atoms with Crippen molar-refractivity contribution in [1.29, 1.82) is 0 Å². The molecule has 11 heteroatoms. The van der Waals surface area contributed by atoms with Crippen molar-refractivity contribution >= 4 is 50.1 Å². The molecule has 1 amide bonds. The van der Waals surface area contributed by atoms with Crippen molar-refractivity contribution in [2.75, 3.05) is 6.54 Å². The van der Waals surface area contributed by atoms with Gasteiger partial charge in [0.1, 0.15) is 8.07 Å². The Kier molecular flexibility index (Phi) is 13.8. The molecular weight excluding hydrogens is 475 g/mol. The third kappa shape index (κ3) is 9.12. The first kappa shape index (κ1) is 31.1. The molecule has 0 aliphatic heterocycles. The zero-order valence-electron chi connectivity index (χ0n) is 22.0. The Morgan fingerprint density at radius 2 is 1.32 bits per heavy atom. The van der Waals surface area contributed by atoms with Gasteiger partial charge in [-0.25, -0.2) is 0 Å². The number of hydrogen-bond acceptors (Lipinski definition) is 5. The minimum Gasteiger partial charge on any atom is -0.394 e. The van der Waals surface area contributed by atoms with Crippen LogP contribution in [-0.2, 0) is 22.5 Å². The summed E-state index contributed by atoms with van der Waals surface area (Å²) >= 11 is 0. The molecule has 6 nitrogen and oxygen atoms in total. The topological polar surface area (TPSA) is 66.0 Å². The molecule has 0 aliphatic carbocycles. The van der Waals surface area contributed by atoms with Crippen molar-refractivity contribution in [3.05, 3.63) is 12.7 Å². The lowest BCUT2D eigenvalue weighted by Crippen LogP contribution is -2.75. The normalized spacial score (nSPS) is 13.5. The highest BCUT2D eigenvalue weighted by Gasteiger charge is 2.64. The Balaban J connectivity index is 6.47. The lowest BCUT2D eigenvalue weighted by Gasteiger charge is -2.58. The van der Waals surface area contributed by atoms with E-state index in [1.54, 1.807) is 0 Å². The van der Waals surface area contributed by atoms with E-state index in [0.717, 1.165) is 12.5 Å². The molecule has 184 valence electrons. The summed E-state index contributed by atoms with van der Waals surface area (Å²) in [7, 11) is -8.17. The molecule has 0 unspecified atom stereocenters. The zero-order valence-corrected chi connectivity index (χ0v) is 27.6. The van der Waals surface area contributed by atoms with E-state index in [9.17, 15) is 4.79 Å². The molecule has 0 saturated heterocycles. The Morgan fingerprint density at radius 1 is 0.903 bits per heavy atom. The lowest BCUT2D eigenvalue weighted by atomic mass is 10.2. The van der Waals surface area contributed by atoms with Crippen LogP contribution in [0.15, 0.2) is 12.7 Å². The van der Waals surface area contributed by atoms with Gasteiger partial charge in [-0.05, 0) is 64.9 Å². The fraction of sp³-hybridized carbons (Fsp3) is 0.850. The van der Waals surface area contributed by atoms with Crippen LogP contribution in [0.3, 0.4) is 0 Å². The van der Waals surface area contributed by atoms with Crippen LogP contribution in [0.2, 0.25) is 71.5 Å². The average molecular weight is 524 g/mol. The van der Waals surface area contributed by atoms with Crippen LogP contribution in [0.25, 0.3) is 0 Å². The molecule has 0 radical (unpaired) electrons. The Bertz CT molecular complexity index is 538. The number of carbonyl (C=O) groups is 1. The zero-order chi connectivity index (χ0) is 24.5. The largest absolute Gasteiger partial charge is 0.394 e. The summed E-state index contributed by atoms with van der Waals surface area (Å²) < 4.78 is 27.6. The number of nitrogens with one attached hydrogen (secondary N) is 1. The van der Waals surface area contributed by atoms with Gasteiger partial charge in [0.25, 0.3) is 0 Å². The monoisotopic (exact) mass is 523 g/mol. The first-order valence-electron chi connectivity index (χ1n) is 11.8. The van der Waals surface area contributed by atoms with Crippen LogP contribution in [0.5, 0.6) is 0 Å². The molecule has 0 heterocycles. The number of hydrogen-bond donors (Lipinski definition) is 1. The molecule has 0 saturated carbocycles. The summed E-state index contributed by atoms with van der Waals surface area (Å²) in [4.78, 5) is 11.6. The number of rotatable bonds is 16. The van der Waals surface area contributed by atoms with Gasteiger partial charge in [-0.1, -0.05) is 32.6 Å². The molecular formula is C20H49NO5Si5. The van der Waals surface area contributed by atoms with Crippen molar-refractivity contribution in [3.63, 3.8) is 0 Å².